The molecule has 2 aromatic rings. The van der Waals surface area contributed by atoms with Crippen molar-refractivity contribution in [1.82, 2.24) is 10.1 Å². The van der Waals surface area contributed by atoms with Crippen molar-refractivity contribution in [2.45, 2.75) is 44.6 Å². The summed E-state index contributed by atoms with van der Waals surface area (Å²) in [6.45, 7) is 4.11. The van der Waals surface area contributed by atoms with E-state index in [1.54, 1.807) is 0 Å². The highest BCUT2D eigenvalue weighted by Crippen LogP contribution is 2.39. The summed E-state index contributed by atoms with van der Waals surface area (Å²) in [6, 6.07) is 8.39. The SMILES string of the molecule is CCC(N)(CC)c1noc(C2Cc3ccccc32)n1. The van der Waals surface area contributed by atoms with E-state index >= 15 is 0 Å². The fourth-order valence-corrected chi connectivity index (χ4v) is 2.62. The largest absolute Gasteiger partial charge is 0.339 e. The summed E-state index contributed by atoms with van der Waals surface area (Å²) in [7, 11) is 0. The van der Waals surface area contributed by atoms with E-state index in [2.05, 4.69) is 42.2 Å². The average Bonchev–Trinajstić information content (AvgIpc) is 2.89. The molecule has 100 valence electrons. The Morgan fingerprint density at radius 3 is 2.74 bits per heavy atom. The first-order valence-electron chi connectivity index (χ1n) is 6.88. The van der Waals surface area contributed by atoms with Gasteiger partial charge in [0.2, 0.25) is 5.89 Å². The number of hydrogen-bond acceptors (Lipinski definition) is 4. The van der Waals surface area contributed by atoms with Crippen molar-refractivity contribution in [2.24, 2.45) is 5.73 Å². The fourth-order valence-electron chi connectivity index (χ4n) is 2.62. The van der Waals surface area contributed by atoms with Gasteiger partial charge in [0.25, 0.3) is 0 Å². The van der Waals surface area contributed by atoms with Crippen LogP contribution in [0.1, 0.15) is 55.4 Å². The van der Waals surface area contributed by atoms with Crippen LogP contribution in [0, 0.1) is 0 Å². The molecule has 1 aliphatic rings. The first-order chi connectivity index (χ1) is 9.18. The molecule has 0 amide bonds. The molecule has 4 heteroatoms. The second-order valence-electron chi connectivity index (χ2n) is 5.27. The highest BCUT2D eigenvalue weighted by molar-refractivity contribution is 5.43. The summed E-state index contributed by atoms with van der Waals surface area (Å²) in [6.07, 6.45) is 2.60. The Labute approximate surface area is 113 Å². The van der Waals surface area contributed by atoms with Crippen LogP contribution in [0.25, 0.3) is 0 Å². The van der Waals surface area contributed by atoms with E-state index in [4.69, 9.17) is 10.3 Å². The van der Waals surface area contributed by atoms with Gasteiger partial charge in [-0.1, -0.05) is 43.3 Å². The third kappa shape index (κ3) is 1.87. The molecule has 1 aromatic carbocycles. The van der Waals surface area contributed by atoms with Crippen LogP contribution in [0.5, 0.6) is 0 Å². The topological polar surface area (TPSA) is 64.9 Å². The molecular weight excluding hydrogens is 238 g/mol. The minimum atomic E-state index is -0.467. The van der Waals surface area contributed by atoms with Gasteiger partial charge in [-0.05, 0) is 30.4 Å². The predicted molar refractivity (Wildman–Crippen MR) is 72.7 cm³/mol. The average molecular weight is 257 g/mol. The Morgan fingerprint density at radius 2 is 2.05 bits per heavy atom. The van der Waals surface area contributed by atoms with Gasteiger partial charge in [-0.25, -0.2) is 0 Å². The molecule has 0 aliphatic heterocycles. The summed E-state index contributed by atoms with van der Waals surface area (Å²) < 4.78 is 5.43. The maximum absolute atomic E-state index is 6.30. The molecule has 1 aromatic heterocycles. The number of hydrogen-bond donors (Lipinski definition) is 1. The Kier molecular flexibility index (Phi) is 2.90. The molecule has 1 unspecified atom stereocenters. The normalized spacial score (nSPS) is 17.9. The second kappa shape index (κ2) is 4.46. The minimum absolute atomic E-state index is 0.246. The number of aromatic nitrogens is 2. The second-order valence-corrected chi connectivity index (χ2v) is 5.27. The Bertz CT molecular complexity index is 587. The molecule has 0 fully saturated rings. The molecule has 4 nitrogen and oxygen atoms in total. The molecular formula is C15H19N3O. The van der Waals surface area contributed by atoms with E-state index in [0.29, 0.717) is 11.7 Å². The summed E-state index contributed by atoms with van der Waals surface area (Å²) in [5.41, 5.74) is 8.51. The maximum Gasteiger partial charge on any atom is 0.234 e. The number of fused-ring (bicyclic) bond motifs is 1. The van der Waals surface area contributed by atoms with Crippen molar-refractivity contribution in [3.05, 3.63) is 47.1 Å². The van der Waals surface area contributed by atoms with Crippen LogP contribution in [0.2, 0.25) is 0 Å². The van der Waals surface area contributed by atoms with Crippen LogP contribution >= 0.6 is 0 Å². The van der Waals surface area contributed by atoms with Crippen molar-refractivity contribution in [2.75, 3.05) is 0 Å². The van der Waals surface area contributed by atoms with Crippen molar-refractivity contribution >= 4 is 0 Å². The van der Waals surface area contributed by atoms with Gasteiger partial charge >= 0.3 is 0 Å². The van der Waals surface area contributed by atoms with Crippen molar-refractivity contribution in [3.8, 4) is 0 Å². The molecule has 1 aliphatic carbocycles. The Balaban J connectivity index is 1.88. The number of nitrogens with two attached hydrogens (primary N) is 1. The van der Waals surface area contributed by atoms with E-state index in [-0.39, 0.29) is 5.92 Å². The lowest BCUT2D eigenvalue weighted by Gasteiger charge is -2.26. The van der Waals surface area contributed by atoms with Crippen LogP contribution in [0.15, 0.2) is 28.8 Å². The van der Waals surface area contributed by atoms with Gasteiger partial charge in [0.05, 0.1) is 11.5 Å². The molecule has 2 N–H and O–H groups in total. The van der Waals surface area contributed by atoms with E-state index in [9.17, 15) is 0 Å². The van der Waals surface area contributed by atoms with E-state index in [1.165, 1.54) is 11.1 Å². The maximum atomic E-state index is 6.30. The van der Waals surface area contributed by atoms with E-state index in [0.717, 1.165) is 19.3 Å². The van der Waals surface area contributed by atoms with Gasteiger partial charge in [-0.15, -0.1) is 0 Å². The lowest BCUT2D eigenvalue weighted by molar-refractivity contribution is 0.326. The van der Waals surface area contributed by atoms with Gasteiger partial charge in [-0.2, -0.15) is 4.98 Å². The molecule has 1 atom stereocenters. The summed E-state index contributed by atoms with van der Waals surface area (Å²) >= 11 is 0. The summed E-state index contributed by atoms with van der Waals surface area (Å²) in [4.78, 5) is 4.54. The Hall–Kier alpha value is -1.68. The zero-order chi connectivity index (χ0) is 13.5. The molecule has 0 spiro atoms. The zero-order valence-corrected chi connectivity index (χ0v) is 11.4. The van der Waals surface area contributed by atoms with E-state index < -0.39 is 5.54 Å². The van der Waals surface area contributed by atoms with Gasteiger partial charge < -0.3 is 10.3 Å². The van der Waals surface area contributed by atoms with Crippen LogP contribution in [0.3, 0.4) is 0 Å². The van der Waals surface area contributed by atoms with E-state index in [1.807, 2.05) is 6.07 Å². The van der Waals surface area contributed by atoms with Crippen molar-refractivity contribution < 1.29 is 4.52 Å². The van der Waals surface area contributed by atoms with Crippen LogP contribution < -0.4 is 5.73 Å². The quantitative estimate of drug-likeness (QED) is 0.914. The first kappa shape index (κ1) is 12.4. The third-order valence-corrected chi connectivity index (χ3v) is 4.30. The third-order valence-electron chi connectivity index (χ3n) is 4.30. The van der Waals surface area contributed by atoms with Crippen LogP contribution in [-0.2, 0) is 12.0 Å². The zero-order valence-electron chi connectivity index (χ0n) is 11.4. The first-order valence-corrected chi connectivity index (χ1v) is 6.88. The number of benzene rings is 1. The minimum Gasteiger partial charge on any atom is -0.339 e. The molecule has 0 saturated heterocycles. The van der Waals surface area contributed by atoms with Crippen LogP contribution in [-0.4, -0.2) is 10.1 Å². The highest BCUT2D eigenvalue weighted by atomic mass is 16.5. The van der Waals surface area contributed by atoms with Crippen LogP contribution in [0.4, 0.5) is 0 Å². The fraction of sp³-hybridized carbons (Fsp3) is 0.467. The molecule has 0 radical (unpaired) electrons. The smallest absolute Gasteiger partial charge is 0.234 e. The summed E-state index contributed by atoms with van der Waals surface area (Å²) in [5, 5.41) is 4.09. The lowest BCUT2D eigenvalue weighted by Crippen LogP contribution is -2.36. The molecule has 0 bridgehead atoms. The summed E-state index contributed by atoms with van der Waals surface area (Å²) in [5.74, 6) is 1.58. The number of rotatable bonds is 4. The van der Waals surface area contributed by atoms with Gasteiger partial charge in [-0.3, -0.25) is 0 Å². The predicted octanol–water partition coefficient (Wildman–Crippen LogP) is 2.73. The van der Waals surface area contributed by atoms with Crippen molar-refractivity contribution in [1.29, 1.82) is 0 Å². The highest BCUT2D eigenvalue weighted by Gasteiger charge is 2.35. The van der Waals surface area contributed by atoms with Gasteiger partial charge in [0.1, 0.15) is 0 Å². The molecule has 0 saturated carbocycles. The van der Waals surface area contributed by atoms with Gasteiger partial charge in [0, 0.05) is 0 Å². The lowest BCUT2D eigenvalue weighted by atomic mass is 9.77. The standard InChI is InChI=1S/C15H19N3O/c1-3-15(16,4-2)14-17-13(19-18-14)12-9-10-7-5-6-8-11(10)12/h5-8,12H,3-4,9,16H2,1-2H3. The monoisotopic (exact) mass is 257 g/mol. The number of nitrogens with zero attached hydrogens (tertiary/aromatic N) is 2. The molecule has 1 heterocycles. The Morgan fingerprint density at radius 1 is 1.32 bits per heavy atom. The van der Waals surface area contributed by atoms with Gasteiger partial charge in [0.15, 0.2) is 5.82 Å². The molecule has 19 heavy (non-hydrogen) atoms. The van der Waals surface area contributed by atoms with Crippen molar-refractivity contribution in [3.63, 3.8) is 0 Å². The molecule has 3 rings (SSSR count).